The van der Waals surface area contributed by atoms with Crippen LogP contribution in [-0.2, 0) is 19.6 Å². The number of hydrogen-bond acceptors (Lipinski definition) is 4. The van der Waals surface area contributed by atoms with Gasteiger partial charge in [-0.05, 0) is 43.4 Å². The number of nitrogens with one attached hydrogen (secondary N) is 1. The van der Waals surface area contributed by atoms with Crippen LogP contribution in [0.1, 0.15) is 42.3 Å². The van der Waals surface area contributed by atoms with Crippen molar-refractivity contribution in [1.29, 1.82) is 0 Å². The second-order valence-corrected chi connectivity index (χ2v) is 7.74. The number of likely N-dealkylation sites (tertiary alicyclic amines) is 1. The minimum Gasteiger partial charge on any atom is -0.361 e. The van der Waals surface area contributed by atoms with Crippen LogP contribution >= 0.6 is 0 Å². The first kappa shape index (κ1) is 19.4. The molecule has 1 aliphatic heterocycles. The lowest BCUT2D eigenvalue weighted by atomic mass is 9.99. The molecule has 1 N–H and O–H groups in total. The van der Waals surface area contributed by atoms with Crippen molar-refractivity contribution in [3.8, 4) is 0 Å². The lowest BCUT2D eigenvalue weighted by Gasteiger charge is -2.30. The Hall–Kier alpha value is -2.34. The van der Waals surface area contributed by atoms with Gasteiger partial charge in [-0.1, -0.05) is 36.3 Å². The Morgan fingerprint density at radius 2 is 2.07 bits per heavy atom. The maximum atomic E-state index is 12.2. The molecule has 0 saturated carbocycles. The van der Waals surface area contributed by atoms with E-state index in [2.05, 4.69) is 46.6 Å². The smallest absolute Gasteiger partial charge is 0.317 e. The summed E-state index contributed by atoms with van der Waals surface area (Å²) < 4.78 is 5.03. The molecule has 0 spiro atoms. The number of carbonyl (C=O) groups is 1. The van der Waals surface area contributed by atoms with E-state index in [1.807, 2.05) is 13.0 Å². The zero-order valence-corrected chi connectivity index (χ0v) is 16.6. The lowest BCUT2D eigenvalue weighted by Crippen LogP contribution is -2.36. The summed E-state index contributed by atoms with van der Waals surface area (Å²) in [4.78, 5) is 16.4. The van der Waals surface area contributed by atoms with Gasteiger partial charge in [0.2, 0.25) is 0 Å². The average molecular weight is 370 g/mol. The van der Waals surface area contributed by atoms with Crippen molar-refractivity contribution in [2.45, 2.75) is 46.3 Å². The molecule has 1 saturated heterocycles. The minimum atomic E-state index is -0.123. The van der Waals surface area contributed by atoms with Crippen LogP contribution < -0.4 is 5.32 Å². The molecule has 6 heteroatoms. The molecule has 6 nitrogen and oxygen atoms in total. The SMILES string of the molecule is Cc1cc(CN(C)C(=O)NCc2ccc(CN3CCCC(C)C3)cc2)no1. The molecule has 1 atom stereocenters. The number of amides is 2. The fourth-order valence-corrected chi connectivity index (χ4v) is 3.57. The molecule has 2 heterocycles. The van der Waals surface area contributed by atoms with Crippen LogP contribution in [0.25, 0.3) is 0 Å². The van der Waals surface area contributed by atoms with E-state index < -0.39 is 0 Å². The second-order valence-electron chi connectivity index (χ2n) is 7.74. The number of nitrogens with zero attached hydrogens (tertiary/aromatic N) is 3. The third-order valence-electron chi connectivity index (χ3n) is 5.04. The van der Waals surface area contributed by atoms with E-state index in [0.29, 0.717) is 13.1 Å². The second kappa shape index (κ2) is 9.04. The number of hydrogen-bond donors (Lipinski definition) is 1. The molecular weight excluding hydrogens is 340 g/mol. The zero-order chi connectivity index (χ0) is 19.2. The fourth-order valence-electron chi connectivity index (χ4n) is 3.57. The van der Waals surface area contributed by atoms with Crippen molar-refractivity contribution >= 4 is 6.03 Å². The summed E-state index contributed by atoms with van der Waals surface area (Å²) in [6.45, 7) is 8.51. The van der Waals surface area contributed by atoms with Gasteiger partial charge in [0.15, 0.2) is 0 Å². The van der Waals surface area contributed by atoms with Gasteiger partial charge in [-0.3, -0.25) is 4.90 Å². The maximum absolute atomic E-state index is 12.2. The Balaban J connectivity index is 1.44. The van der Waals surface area contributed by atoms with Crippen molar-refractivity contribution in [2.24, 2.45) is 5.92 Å². The van der Waals surface area contributed by atoms with Crippen molar-refractivity contribution in [3.05, 3.63) is 52.9 Å². The van der Waals surface area contributed by atoms with Crippen LogP contribution in [-0.4, -0.2) is 41.1 Å². The Morgan fingerprint density at radius 3 is 2.74 bits per heavy atom. The molecule has 1 aromatic heterocycles. The number of carbonyl (C=O) groups excluding carboxylic acids is 1. The Kier molecular flexibility index (Phi) is 6.50. The van der Waals surface area contributed by atoms with Gasteiger partial charge in [0.05, 0.1) is 6.54 Å². The molecule has 0 aliphatic carbocycles. The van der Waals surface area contributed by atoms with Crippen LogP contribution in [0.15, 0.2) is 34.9 Å². The Morgan fingerprint density at radius 1 is 1.33 bits per heavy atom. The number of urea groups is 1. The summed E-state index contributed by atoms with van der Waals surface area (Å²) in [6, 6.07) is 10.3. The molecule has 1 aliphatic rings. The number of aryl methyl sites for hydroxylation is 1. The van der Waals surface area contributed by atoms with Crippen LogP contribution in [0, 0.1) is 12.8 Å². The van der Waals surface area contributed by atoms with Gasteiger partial charge >= 0.3 is 6.03 Å². The highest BCUT2D eigenvalue weighted by Crippen LogP contribution is 2.18. The van der Waals surface area contributed by atoms with E-state index in [1.165, 1.54) is 31.5 Å². The van der Waals surface area contributed by atoms with Crippen molar-refractivity contribution in [1.82, 2.24) is 20.3 Å². The molecule has 2 amide bonds. The highest BCUT2D eigenvalue weighted by molar-refractivity contribution is 5.73. The maximum Gasteiger partial charge on any atom is 0.317 e. The molecule has 1 fully saturated rings. The average Bonchev–Trinajstić information content (AvgIpc) is 3.05. The predicted molar refractivity (Wildman–Crippen MR) is 105 cm³/mol. The number of piperidine rings is 1. The van der Waals surface area contributed by atoms with Gasteiger partial charge in [-0.2, -0.15) is 0 Å². The Labute approximate surface area is 161 Å². The minimum absolute atomic E-state index is 0.123. The monoisotopic (exact) mass is 370 g/mol. The molecular formula is C21H30N4O2. The zero-order valence-electron chi connectivity index (χ0n) is 16.6. The summed E-state index contributed by atoms with van der Waals surface area (Å²) in [6.07, 6.45) is 2.65. The van der Waals surface area contributed by atoms with Gasteiger partial charge in [0.25, 0.3) is 0 Å². The summed E-state index contributed by atoms with van der Waals surface area (Å²) in [5.74, 6) is 1.55. The topological polar surface area (TPSA) is 61.6 Å². The number of benzene rings is 1. The summed E-state index contributed by atoms with van der Waals surface area (Å²) in [7, 11) is 1.75. The van der Waals surface area contributed by atoms with Crippen molar-refractivity contribution in [3.63, 3.8) is 0 Å². The van der Waals surface area contributed by atoms with E-state index in [-0.39, 0.29) is 6.03 Å². The van der Waals surface area contributed by atoms with Gasteiger partial charge in [-0.15, -0.1) is 0 Å². The van der Waals surface area contributed by atoms with Crippen molar-refractivity contribution < 1.29 is 9.32 Å². The standard InChI is InChI=1S/C21H30N4O2/c1-16-5-4-10-25(13-16)14-19-8-6-18(7-9-19)12-22-21(26)24(3)15-20-11-17(2)27-23-20/h6-9,11,16H,4-5,10,12-15H2,1-3H3,(H,22,26). The molecule has 2 aromatic rings. The first-order chi connectivity index (χ1) is 13.0. The lowest BCUT2D eigenvalue weighted by molar-refractivity contribution is 0.176. The molecule has 27 heavy (non-hydrogen) atoms. The highest BCUT2D eigenvalue weighted by Gasteiger charge is 2.16. The molecule has 1 aromatic carbocycles. The highest BCUT2D eigenvalue weighted by atomic mass is 16.5. The van der Waals surface area contributed by atoms with E-state index in [9.17, 15) is 4.79 Å². The quantitative estimate of drug-likeness (QED) is 0.845. The predicted octanol–water partition coefficient (Wildman–Crippen LogP) is 3.56. The van der Waals surface area contributed by atoms with Gasteiger partial charge in [0.1, 0.15) is 11.5 Å². The number of rotatable bonds is 6. The van der Waals surface area contributed by atoms with E-state index in [0.717, 1.165) is 29.5 Å². The van der Waals surface area contributed by atoms with Crippen LogP contribution in [0.5, 0.6) is 0 Å². The first-order valence-electron chi connectivity index (χ1n) is 9.71. The third-order valence-corrected chi connectivity index (χ3v) is 5.04. The fraction of sp³-hybridized carbons (Fsp3) is 0.524. The van der Waals surface area contributed by atoms with E-state index in [1.54, 1.807) is 11.9 Å². The normalized spacial score (nSPS) is 17.7. The summed E-state index contributed by atoms with van der Waals surface area (Å²) in [5, 5.41) is 6.87. The largest absolute Gasteiger partial charge is 0.361 e. The van der Waals surface area contributed by atoms with Crippen molar-refractivity contribution in [2.75, 3.05) is 20.1 Å². The van der Waals surface area contributed by atoms with Crippen LogP contribution in [0.3, 0.4) is 0 Å². The van der Waals surface area contributed by atoms with Crippen LogP contribution in [0.2, 0.25) is 0 Å². The van der Waals surface area contributed by atoms with E-state index in [4.69, 9.17) is 4.52 Å². The van der Waals surface area contributed by atoms with E-state index >= 15 is 0 Å². The third kappa shape index (κ3) is 5.82. The molecule has 146 valence electrons. The molecule has 1 unspecified atom stereocenters. The molecule has 0 radical (unpaired) electrons. The summed E-state index contributed by atoms with van der Waals surface area (Å²) in [5.41, 5.74) is 3.18. The van der Waals surface area contributed by atoms with Gasteiger partial charge in [0, 0.05) is 32.7 Å². The number of aromatic nitrogens is 1. The summed E-state index contributed by atoms with van der Waals surface area (Å²) >= 11 is 0. The Bertz CT molecular complexity index is 741. The molecule has 3 rings (SSSR count). The first-order valence-corrected chi connectivity index (χ1v) is 9.71. The van der Waals surface area contributed by atoms with Crippen LogP contribution in [0.4, 0.5) is 4.79 Å². The molecule has 0 bridgehead atoms. The van der Waals surface area contributed by atoms with Gasteiger partial charge in [-0.25, -0.2) is 4.79 Å². The van der Waals surface area contributed by atoms with Gasteiger partial charge < -0.3 is 14.7 Å².